The fraction of sp³-hybridized carbons (Fsp3) is 0.405. The summed E-state index contributed by atoms with van der Waals surface area (Å²) in [6, 6.07) is 21.3. The number of fused-ring (bicyclic) bond motifs is 3. The van der Waals surface area contributed by atoms with Gasteiger partial charge in [0.15, 0.2) is 0 Å². The molecule has 1 aliphatic rings. The molecule has 0 atom stereocenters. The molecule has 2 heterocycles. The Labute approximate surface area is 271 Å². The molecular weight excluding hydrogens is 711 g/mol. The second-order valence-electron chi connectivity index (χ2n) is 11.7. The van der Waals surface area contributed by atoms with Gasteiger partial charge in [0.05, 0.1) is 5.82 Å². The van der Waals surface area contributed by atoms with Gasteiger partial charge in [-0.1, -0.05) is 120 Å². The van der Waals surface area contributed by atoms with Crippen molar-refractivity contribution in [2.45, 2.75) is 96.8 Å². The summed E-state index contributed by atoms with van der Waals surface area (Å²) in [5.74, 6) is -0.216. The van der Waals surface area contributed by atoms with Crippen molar-refractivity contribution in [2.24, 2.45) is 0 Å². The Morgan fingerprint density at radius 1 is 0.791 bits per heavy atom. The van der Waals surface area contributed by atoms with Crippen LogP contribution < -0.4 is 0 Å². The van der Waals surface area contributed by atoms with Gasteiger partial charge in [-0.15, -0.1) is 29.3 Å². The van der Waals surface area contributed by atoms with Crippen LogP contribution in [0.1, 0.15) is 112 Å². The third-order valence-corrected chi connectivity index (χ3v) is 8.16. The number of carboxylic acids is 1. The number of aromatic carboxylic acids is 1. The number of rotatable bonds is 13. The van der Waals surface area contributed by atoms with Crippen molar-refractivity contribution in [3.05, 3.63) is 102 Å². The zero-order valence-corrected chi connectivity index (χ0v) is 28.1. The van der Waals surface area contributed by atoms with Gasteiger partial charge in [-0.25, -0.2) is 9.78 Å². The van der Waals surface area contributed by atoms with E-state index >= 15 is 0 Å². The molecule has 0 saturated heterocycles. The summed E-state index contributed by atoms with van der Waals surface area (Å²) in [5.41, 5.74) is 7.65. The van der Waals surface area contributed by atoms with Crippen molar-refractivity contribution in [1.29, 1.82) is 0 Å². The summed E-state index contributed by atoms with van der Waals surface area (Å²) in [6.45, 7) is 6.89. The van der Waals surface area contributed by atoms with Crippen molar-refractivity contribution in [2.75, 3.05) is 0 Å². The monoisotopic (exact) mass is 755 g/mol. The van der Waals surface area contributed by atoms with Crippen LogP contribution in [0.25, 0.3) is 22.5 Å². The quantitative estimate of drug-likeness (QED) is 0.109. The first-order valence-electron chi connectivity index (χ1n) is 15.5. The summed E-state index contributed by atoms with van der Waals surface area (Å²) in [6.07, 6.45) is 20.2. The summed E-state index contributed by atoms with van der Waals surface area (Å²) in [4.78, 5) is 23.1. The number of hydrogen-bond donors (Lipinski definition) is 1. The van der Waals surface area contributed by atoms with E-state index in [-0.39, 0.29) is 31.2 Å². The van der Waals surface area contributed by atoms with Gasteiger partial charge in [-0.2, -0.15) is 0 Å². The van der Waals surface area contributed by atoms with E-state index in [0.717, 1.165) is 17.8 Å². The average molecular weight is 755 g/mol. The third-order valence-electron chi connectivity index (χ3n) is 8.16. The van der Waals surface area contributed by atoms with Gasteiger partial charge in [0.25, 0.3) is 0 Å². The van der Waals surface area contributed by atoms with Crippen LogP contribution in [0.15, 0.2) is 73.2 Å². The van der Waals surface area contributed by atoms with Crippen molar-refractivity contribution < 1.29 is 30.0 Å². The number of carboxylic acid groups (broad SMARTS) is 1. The van der Waals surface area contributed by atoms with E-state index in [4.69, 9.17) is 15.1 Å². The molecule has 2 aromatic carbocycles. The van der Waals surface area contributed by atoms with Crippen molar-refractivity contribution in [3.8, 4) is 22.5 Å². The van der Waals surface area contributed by atoms with Crippen LogP contribution in [0, 0.1) is 6.07 Å². The first-order chi connectivity index (χ1) is 20.4. The van der Waals surface area contributed by atoms with Crippen molar-refractivity contribution in [1.82, 2.24) is 15.0 Å². The Morgan fingerprint density at radius 2 is 1.42 bits per heavy atom. The summed E-state index contributed by atoms with van der Waals surface area (Å²) < 4.78 is 0. The van der Waals surface area contributed by atoms with Crippen LogP contribution in [-0.4, -0.2) is 26.0 Å². The molecule has 1 N–H and O–H groups in total. The standard InChI is InChI=1S/C31H39N2.C6H5NO2.Ir/c1-4-5-6-7-8-9-10-11-12-13-16-24-22-32-30(33-23-24)25-19-20-27-26-17-14-15-18-28(26)31(2,3)29(27)21-25;8-6(9)5-3-1-2-4-7-5;/h14-15,17-18,20-23H,4-13,16H2,1-3H3;1-4H,(H,8,9);/q-1;;. The van der Waals surface area contributed by atoms with Crippen molar-refractivity contribution >= 4 is 5.97 Å². The van der Waals surface area contributed by atoms with E-state index in [0.29, 0.717) is 0 Å². The van der Waals surface area contributed by atoms with Gasteiger partial charge >= 0.3 is 5.97 Å². The second-order valence-corrected chi connectivity index (χ2v) is 11.7. The van der Waals surface area contributed by atoms with E-state index in [1.165, 1.54) is 104 Å². The number of pyridine rings is 1. The normalized spacial score (nSPS) is 12.3. The molecular formula is C37H44IrN3O2-. The van der Waals surface area contributed by atoms with E-state index in [9.17, 15) is 4.79 Å². The van der Waals surface area contributed by atoms with Gasteiger partial charge in [0.2, 0.25) is 0 Å². The van der Waals surface area contributed by atoms with E-state index in [1.807, 2.05) is 12.4 Å². The number of nitrogens with zero attached hydrogens (tertiary/aromatic N) is 3. The molecule has 1 radical (unpaired) electrons. The molecule has 1 aliphatic carbocycles. The average Bonchev–Trinajstić information content (AvgIpc) is 3.25. The van der Waals surface area contributed by atoms with Gasteiger partial charge in [-0.05, 0) is 41.5 Å². The Kier molecular flexibility index (Phi) is 13.7. The number of aryl methyl sites for hydroxylation is 1. The molecule has 4 aromatic rings. The summed E-state index contributed by atoms with van der Waals surface area (Å²) in [5, 5.41) is 8.32. The van der Waals surface area contributed by atoms with Crippen LogP contribution >= 0.6 is 0 Å². The molecule has 229 valence electrons. The largest absolute Gasteiger partial charge is 0.477 e. The smallest absolute Gasteiger partial charge is 0.354 e. The number of benzene rings is 2. The van der Waals surface area contributed by atoms with Crippen LogP contribution in [0.4, 0.5) is 0 Å². The molecule has 0 saturated carbocycles. The summed E-state index contributed by atoms with van der Waals surface area (Å²) in [7, 11) is 0. The first kappa shape index (κ1) is 34.3. The molecule has 0 spiro atoms. The van der Waals surface area contributed by atoms with Gasteiger partial charge in [0, 0.05) is 38.7 Å². The predicted octanol–water partition coefficient (Wildman–Crippen LogP) is 9.49. The van der Waals surface area contributed by atoms with Crippen molar-refractivity contribution in [3.63, 3.8) is 0 Å². The first-order valence-corrected chi connectivity index (χ1v) is 15.5. The van der Waals surface area contributed by atoms with Gasteiger partial charge in [-0.3, -0.25) is 9.97 Å². The minimum atomic E-state index is -0.990. The van der Waals surface area contributed by atoms with Crippen LogP contribution in [-0.2, 0) is 31.9 Å². The Morgan fingerprint density at radius 3 is 2.02 bits per heavy atom. The molecule has 0 bridgehead atoms. The molecule has 5 nitrogen and oxygen atoms in total. The second kappa shape index (κ2) is 17.2. The Balaban J connectivity index is 0.000000435. The minimum Gasteiger partial charge on any atom is -0.477 e. The Bertz CT molecular complexity index is 1420. The van der Waals surface area contributed by atoms with Gasteiger partial charge in [0.1, 0.15) is 5.69 Å². The maximum Gasteiger partial charge on any atom is 0.354 e. The molecule has 2 aromatic heterocycles. The maximum absolute atomic E-state index is 10.1. The van der Waals surface area contributed by atoms with E-state index in [2.05, 4.69) is 68.2 Å². The fourth-order valence-corrected chi connectivity index (χ4v) is 5.70. The molecule has 43 heavy (non-hydrogen) atoms. The molecule has 0 fully saturated rings. The fourth-order valence-electron chi connectivity index (χ4n) is 5.70. The van der Waals surface area contributed by atoms with Crippen LogP contribution in [0.2, 0.25) is 0 Å². The third kappa shape index (κ3) is 9.39. The number of hydrogen-bond acceptors (Lipinski definition) is 4. The maximum atomic E-state index is 10.1. The molecule has 6 heteroatoms. The van der Waals surface area contributed by atoms with Gasteiger partial charge < -0.3 is 5.11 Å². The van der Waals surface area contributed by atoms with Crippen LogP contribution in [0.3, 0.4) is 0 Å². The molecule has 0 aliphatic heterocycles. The predicted molar refractivity (Wildman–Crippen MR) is 171 cm³/mol. The zero-order valence-electron chi connectivity index (χ0n) is 25.7. The summed E-state index contributed by atoms with van der Waals surface area (Å²) >= 11 is 0. The Hall–Kier alpha value is -3.21. The van der Waals surface area contributed by atoms with E-state index < -0.39 is 5.97 Å². The number of unbranched alkanes of at least 4 members (excludes halogenated alkanes) is 9. The number of aromatic nitrogens is 3. The SMILES string of the molecule is CCCCCCCCCCCCc1cnc(-c2[c-]cc3c(c2)C(C)(C)c2ccccc2-3)nc1.O=C(O)c1ccccn1.[Ir]. The van der Waals surface area contributed by atoms with Crippen LogP contribution in [0.5, 0.6) is 0 Å². The minimum absolute atomic E-state index is 0. The molecule has 0 amide bonds. The molecule has 0 unspecified atom stereocenters. The van der Waals surface area contributed by atoms with E-state index in [1.54, 1.807) is 12.1 Å². The topological polar surface area (TPSA) is 76.0 Å². The molecule has 5 rings (SSSR count). The zero-order chi connectivity index (χ0) is 29.8. The number of carbonyl (C=O) groups is 1.